The van der Waals surface area contributed by atoms with Crippen LogP contribution in [0.5, 0.6) is 0 Å². The highest BCUT2D eigenvalue weighted by atomic mass is 15.1. The summed E-state index contributed by atoms with van der Waals surface area (Å²) >= 11 is 0. The lowest BCUT2D eigenvalue weighted by molar-refractivity contribution is 0.435. The number of nitrogens with two attached hydrogens (primary N) is 1. The molecule has 0 radical (unpaired) electrons. The van der Waals surface area contributed by atoms with Crippen LogP contribution in [-0.4, -0.2) is 16.1 Å². The van der Waals surface area contributed by atoms with Gasteiger partial charge in [0.2, 0.25) is 0 Å². The minimum Gasteiger partial charge on any atom is -0.330 e. The van der Waals surface area contributed by atoms with Gasteiger partial charge in [0.05, 0.1) is 18.2 Å². The Hall–Kier alpha value is -1.61. The number of aryl methyl sites for hydroxylation is 1. The quantitative estimate of drug-likeness (QED) is 0.894. The summed E-state index contributed by atoms with van der Waals surface area (Å²) in [6.45, 7) is 3.91. The second-order valence-corrected chi connectivity index (χ2v) is 5.43. The lowest BCUT2D eigenvalue weighted by Gasteiger charge is -2.16. The van der Waals surface area contributed by atoms with Crippen LogP contribution in [0.15, 0.2) is 36.8 Å². The zero-order valence-corrected chi connectivity index (χ0v) is 10.8. The Balaban J connectivity index is 1.95. The van der Waals surface area contributed by atoms with E-state index in [2.05, 4.69) is 40.7 Å². The van der Waals surface area contributed by atoms with Crippen molar-refractivity contribution in [2.75, 3.05) is 6.54 Å². The Bertz CT molecular complexity index is 552. The number of hydrogen-bond acceptors (Lipinski definition) is 2. The van der Waals surface area contributed by atoms with Gasteiger partial charge >= 0.3 is 0 Å². The first-order valence-electron chi connectivity index (χ1n) is 6.50. The summed E-state index contributed by atoms with van der Waals surface area (Å²) < 4.78 is 2.25. The normalized spacial score (nSPS) is 16.8. The van der Waals surface area contributed by atoms with Crippen LogP contribution < -0.4 is 5.73 Å². The molecule has 1 fully saturated rings. The van der Waals surface area contributed by atoms with Crippen LogP contribution in [0.3, 0.4) is 0 Å². The van der Waals surface area contributed by atoms with Crippen molar-refractivity contribution in [2.24, 2.45) is 11.1 Å². The number of aromatic nitrogens is 2. The highest BCUT2D eigenvalue weighted by Gasteiger charge is 2.41. The fourth-order valence-electron chi connectivity index (χ4n) is 2.50. The van der Waals surface area contributed by atoms with E-state index in [0.29, 0.717) is 5.41 Å². The van der Waals surface area contributed by atoms with Gasteiger partial charge in [0.25, 0.3) is 0 Å². The van der Waals surface area contributed by atoms with Crippen molar-refractivity contribution in [1.29, 1.82) is 0 Å². The van der Waals surface area contributed by atoms with E-state index >= 15 is 0 Å². The molecule has 1 aromatic carbocycles. The maximum absolute atomic E-state index is 5.87. The molecule has 0 atom stereocenters. The van der Waals surface area contributed by atoms with Gasteiger partial charge in [0.1, 0.15) is 0 Å². The summed E-state index contributed by atoms with van der Waals surface area (Å²) in [7, 11) is 0. The number of nitrogens with zero attached hydrogens (tertiary/aromatic N) is 2. The zero-order chi connectivity index (χ0) is 12.6. The zero-order valence-electron chi connectivity index (χ0n) is 10.8. The summed E-state index contributed by atoms with van der Waals surface area (Å²) in [6.07, 6.45) is 6.37. The predicted octanol–water partition coefficient (Wildman–Crippen LogP) is 2.60. The molecule has 3 nitrogen and oxygen atoms in total. The minimum absolute atomic E-state index is 0.331. The smallest absolute Gasteiger partial charge is 0.0951 e. The van der Waals surface area contributed by atoms with Gasteiger partial charge < -0.3 is 10.3 Å². The molecule has 3 rings (SSSR count). The molecule has 2 N–H and O–H groups in total. The highest BCUT2D eigenvalue weighted by Crippen LogP contribution is 2.46. The third-order valence-corrected chi connectivity index (χ3v) is 4.03. The van der Waals surface area contributed by atoms with E-state index in [-0.39, 0.29) is 0 Å². The molecule has 1 heterocycles. The van der Waals surface area contributed by atoms with Crippen LogP contribution in [0.2, 0.25) is 0 Å². The van der Waals surface area contributed by atoms with Crippen molar-refractivity contribution in [3.8, 4) is 11.3 Å². The first-order valence-corrected chi connectivity index (χ1v) is 6.50. The molecule has 1 saturated carbocycles. The monoisotopic (exact) mass is 241 g/mol. The molecule has 18 heavy (non-hydrogen) atoms. The number of rotatable bonds is 4. The largest absolute Gasteiger partial charge is 0.330 e. The summed E-state index contributed by atoms with van der Waals surface area (Å²) in [4.78, 5) is 4.31. The van der Waals surface area contributed by atoms with E-state index in [0.717, 1.165) is 13.1 Å². The summed E-state index contributed by atoms with van der Waals surface area (Å²) in [5.74, 6) is 0. The fourth-order valence-corrected chi connectivity index (χ4v) is 2.50. The fraction of sp³-hybridized carbons (Fsp3) is 0.400. The minimum atomic E-state index is 0.331. The van der Waals surface area contributed by atoms with Crippen LogP contribution >= 0.6 is 0 Å². The average molecular weight is 241 g/mol. The molecule has 3 heteroatoms. The molecule has 1 aliphatic carbocycles. The van der Waals surface area contributed by atoms with Gasteiger partial charge in [-0.05, 0) is 31.9 Å². The molecular weight excluding hydrogens is 222 g/mol. The number of benzene rings is 1. The topological polar surface area (TPSA) is 43.8 Å². The van der Waals surface area contributed by atoms with Crippen LogP contribution in [0.4, 0.5) is 0 Å². The second kappa shape index (κ2) is 4.25. The van der Waals surface area contributed by atoms with Crippen molar-refractivity contribution >= 4 is 0 Å². The van der Waals surface area contributed by atoms with Gasteiger partial charge in [-0.1, -0.05) is 24.3 Å². The lowest BCUT2D eigenvalue weighted by Crippen LogP contribution is -2.21. The van der Waals surface area contributed by atoms with E-state index < -0.39 is 0 Å². The Morgan fingerprint density at radius 1 is 1.33 bits per heavy atom. The van der Waals surface area contributed by atoms with Crippen molar-refractivity contribution in [3.05, 3.63) is 42.4 Å². The van der Waals surface area contributed by atoms with Gasteiger partial charge in [-0.2, -0.15) is 0 Å². The van der Waals surface area contributed by atoms with Gasteiger partial charge in [-0.15, -0.1) is 0 Å². The van der Waals surface area contributed by atoms with Crippen LogP contribution in [0, 0.1) is 12.3 Å². The maximum atomic E-state index is 5.87. The Morgan fingerprint density at radius 3 is 2.78 bits per heavy atom. The molecule has 0 amide bonds. The van der Waals surface area contributed by atoms with Gasteiger partial charge in [-0.25, -0.2) is 4.98 Å². The first kappa shape index (κ1) is 11.5. The van der Waals surface area contributed by atoms with E-state index in [1.165, 1.54) is 29.7 Å². The molecule has 0 unspecified atom stereocenters. The van der Waals surface area contributed by atoms with E-state index in [4.69, 9.17) is 5.73 Å². The Labute approximate surface area is 108 Å². The van der Waals surface area contributed by atoms with Crippen molar-refractivity contribution in [1.82, 2.24) is 9.55 Å². The SMILES string of the molecule is Cc1ccccc1-c1cncn1CC1(CN)CC1. The Kier molecular flexibility index (Phi) is 2.71. The average Bonchev–Trinajstić information content (AvgIpc) is 3.01. The van der Waals surface area contributed by atoms with Crippen LogP contribution in [0.1, 0.15) is 18.4 Å². The van der Waals surface area contributed by atoms with Crippen molar-refractivity contribution in [2.45, 2.75) is 26.3 Å². The molecule has 0 spiro atoms. The standard InChI is InChI=1S/C15H19N3/c1-12-4-2-3-5-13(12)14-8-17-11-18(14)10-15(9-16)6-7-15/h2-5,8,11H,6-7,9-10,16H2,1H3. The molecule has 1 aliphatic rings. The molecule has 2 aromatic rings. The summed E-state index contributed by atoms with van der Waals surface area (Å²) in [5.41, 5.74) is 9.96. The van der Waals surface area contributed by atoms with E-state index in [9.17, 15) is 0 Å². The van der Waals surface area contributed by atoms with Crippen LogP contribution in [0.25, 0.3) is 11.3 Å². The lowest BCUT2D eigenvalue weighted by atomic mass is 10.0. The van der Waals surface area contributed by atoms with Gasteiger partial charge in [0.15, 0.2) is 0 Å². The molecule has 0 aliphatic heterocycles. The molecule has 0 saturated heterocycles. The summed E-state index contributed by atoms with van der Waals surface area (Å²) in [6, 6.07) is 8.45. The third kappa shape index (κ3) is 1.95. The number of imidazole rings is 1. The van der Waals surface area contributed by atoms with Crippen molar-refractivity contribution < 1.29 is 0 Å². The van der Waals surface area contributed by atoms with E-state index in [1.807, 2.05) is 12.5 Å². The molecular formula is C15H19N3. The maximum Gasteiger partial charge on any atom is 0.0951 e. The van der Waals surface area contributed by atoms with E-state index in [1.54, 1.807) is 0 Å². The van der Waals surface area contributed by atoms with Gasteiger partial charge in [-0.3, -0.25) is 0 Å². The molecule has 0 bridgehead atoms. The predicted molar refractivity (Wildman–Crippen MR) is 73.1 cm³/mol. The second-order valence-electron chi connectivity index (χ2n) is 5.43. The first-order chi connectivity index (χ1) is 8.74. The highest BCUT2D eigenvalue weighted by molar-refractivity contribution is 5.63. The van der Waals surface area contributed by atoms with Crippen LogP contribution in [-0.2, 0) is 6.54 Å². The number of hydrogen-bond donors (Lipinski definition) is 1. The van der Waals surface area contributed by atoms with Crippen molar-refractivity contribution in [3.63, 3.8) is 0 Å². The summed E-state index contributed by atoms with van der Waals surface area (Å²) in [5, 5.41) is 0. The Morgan fingerprint density at radius 2 is 2.11 bits per heavy atom. The molecule has 1 aromatic heterocycles. The third-order valence-electron chi connectivity index (χ3n) is 4.03. The van der Waals surface area contributed by atoms with Gasteiger partial charge in [0, 0.05) is 17.5 Å². The molecule has 94 valence electrons.